The van der Waals surface area contributed by atoms with Crippen molar-refractivity contribution in [3.05, 3.63) is 0 Å². The standard InChI is InChI=1S/C15H26N2O2/c1-5-6-7-10-16-12-8-9-13(11-12)17-14(18)19-15(2,3)4/h12-13,16H,7-11H2,1-4H3,(H,17,18). The summed E-state index contributed by atoms with van der Waals surface area (Å²) < 4.78 is 5.26. The van der Waals surface area contributed by atoms with Crippen molar-refractivity contribution in [2.75, 3.05) is 6.54 Å². The molecule has 4 nitrogen and oxygen atoms in total. The molecule has 0 aliphatic heterocycles. The zero-order valence-corrected chi connectivity index (χ0v) is 12.5. The third-order valence-corrected chi connectivity index (χ3v) is 3.01. The Balaban J connectivity index is 2.20. The highest BCUT2D eigenvalue weighted by Gasteiger charge is 2.27. The molecule has 0 radical (unpaired) electrons. The fourth-order valence-corrected chi connectivity index (χ4v) is 2.24. The highest BCUT2D eigenvalue weighted by Crippen LogP contribution is 2.19. The minimum atomic E-state index is -0.431. The summed E-state index contributed by atoms with van der Waals surface area (Å²) in [4.78, 5) is 11.6. The smallest absolute Gasteiger partial charge is 0.407 e. The molecule has 0 spiro atoms. The Morgan fingerprint density at radius 1 is 1.32 bits per heavy atom. The van der Waals surface area contributed by atoms with Crippen molar-refractivity contribution in [1.82, 2.24) is 10.6 Å². The van der Waals surface area contributed by atoms with Gasteiger partial charge in [-0.05, 0) is 47.0 Å². The van der Waals surface area contributed by atoms with Crippen LogP contribution < -0.4 is 10.6 Å². The number of amides is 1. The maximum Gasteiger partial charge on any atom is 0.407 e. The summed E-state index contributed by atoms with van der Waals surface area (Å²) in [6.45, 7) is 8.40. The summed E-state index contributed by atoms with van der Waals surface area (Å²) in [7, 11) is 0. The van der Waals surface area contributed by atoms with E-state index < -0.39 is 5.60 Å². The van der Waals surface area contributed by atoms with Gasteiger partial charge in [0.25, 0.3) is 0 Å². The SMILES string of the molecule is CC#CCCNC1CCC(NC(=O)OC(C)(C)C)C1. The lowest BCUT2D eigenvalue weighted by atomic mass is 10.2. The van der Waals surface area contributed by atoms with Gasteiger partial charge < -0.3 is 15.4 Å². The Labute approximate surface area is 116 Å². The quantitative estimate of drug-likeness (QED) is 0.607. The van der Waals surface area contributed by atoms with Crippen LogP contribution in [-0.4, -0.2) is 30.3 Å². The number of carbonyl (C=O) groups is 1. The predicted octanol–water partition coefficient (Wildman–Crippen LogP) is 2.44. The van der Waals surface area contributed by atoms with E-state index in [1.54, 1.807) is 0 Å². The summed E-state index contributed by atoms with van der Waals surface area (Å²) in [6.07, 6.45) is 3.65. The molecule has 0 bridgehead atoms. The van der Waals surface area contributed by atoms with E-state index in [0.717, 1.165) is 32.2 Å². The van der Waals surface area contributed by atoms with E-state index in [-0.39, 0.29) is 12.1 Å². The molecule has 2 N–H and O–H groups in total. The molecule has 1 aliphatic rings. The Kier molecular flexibility index (Phi) is 6.17. The van der Waals surface area contributed by atoms with E-state index in [2.05, 4.69) is 22.5 Å². The van der Waals surface area contributed by atoms with Crippen LogP contribution in [0, 0.1) is 11.8 Å². The monoisotopic (exact) mass is 266 g/mol. The second kappa shape index (κ2) is 7.40. The zero-order chi connectivity index (χ0) is 14.3. The minimum Gasteiger partial charge on any atom is -0.444 e. The molecule has 4 heteroatoms. The zero-order valence-electron chi connectivity index (χ0n) is 12.5. The van der Waals surface area contributed by atoms with Crippen LogP contribution in [0.5, 0.6) is 0 Å². The van der Waals surface area contributed by atoms with E-state index in [1.165, 1.54) is 0 Å². The third-order valence-electron chi connectivity index (χ3n) is 3.01. The van der Waals surface area contributed by atoms with Crippen LogP contribution >= 0.6 is 0 Å². The topological polar surface area (TPSA) is 50.4 Å². The van der Waals surface area contributed by atoms with Crippen molar-refractivity contribution >= 4 is 6.09 Å². The van der Waals surface area contributed by atoms with Crippen LogP contribution in [0.4, 0.5) is 4.79 Å². The average Bonchev–Trinajstić information content (AvgIpc) is 2.69. The Morgan fingerprint density at radius 2 is 2.00 bits per heavy atom. The maximum atomic E-state index is 11.6. The van der Waals surface area contributed by atoms with E-state index in [0.29, 0.717) is 6.04 Å². The van der Waals surface area contributed by atoms with Gasteiger partial charge in [0, 0.05) is 25.0 Å². The predicted molar refractivity (Wildman–Crippen MR) is 76.9 cm³/mol. The van der Waals surface area contributed by atoms with Gasteiger partial charge in [0.2, 0.25) is 0 Å². The Bertz CT molecular complexity index is 349. The van der Waals surface area contributed by atoms with Gasteiger partial charge in [-0.15, -0.1) is 11.8 Å². The fourth-order valence-electron chi connectivity index (χ4n) is 2.24. The number of hydrogen-bond donors (Lipinski definition) is 2. The number of carbonyl (C=O) groups excluding carboxylic acids is 1. The molecule has 1 fully saturated rings. The van der Waals surface area contributed by atoms with Crippen molar-refractivity contribution in [3.63, 3.8) is 0 Å². The molecule has 0 aromatic rings. The normalized spacial score (nSPS) is 22.5. The molecular weight excluding hydrogens is 240 g/mol. The second-order valence-electron chi connectivity index (χ2n) is 5.98. The van der Waals surface area contributed by atoms with Gasteiger partial charge in [-0.3, -0.25) is 0 Å². The lowest BCUT2D eigenvalue weighted by molar-refractivity contribution is 0.0505. The number of rotatable bonds is 4. The number of ether oxygens (including phenoxy) is 1. The fraction of sp³-hybridized carbons (Fsp3) is 0.800. The van der Waals surface area contributed by atoms with Gasteiger partial charge in [0.05, 0.1) is 0 Å². The van der Waals surface area contributed by atoms with Gasteiger partial charge in [0.1, 0.15) is 5.60 Å². The van der Waals surface area contributed by atoms with Crippen LogP contribution in [0.3, 0.4) is 0 Å². The largest absolute Gasteiger partial charge is 0.444 e. The molecule has 1 rings (SSSR count). The molecule has 0 heterocycles. The molecule has 19 heavy (non-hydrogen) atoms. The van der Waals surface area contributed by atoms with Gasteiger partial charge in [-0.1, -0.05) is 0 Å². The van der Waals surface area contributed by atoms with Crippen LogP contribution in [0.15, 0.2) is 0 Å². The van der Waals surface area contributed by atoms with E-state index in [9.17, 15) is 4.79 Å². The lowest BCUT2D eigenvalue weighted by Crippen LogP contribution is -2.39. The molecule has 1 amide bonds. The first-order valence-corrected chi connectivity index (χ1v) is 7.03. The summed E-state index contributed by atoms with van der Waals surface area (Å²) in [5.41, 5.74) is -0.431. The molecule has 0 aromatic carbocycles. The van der Waals surface area contributed by atoms with E-state index in [4.69, 9.17) is 4.74 Å². The number of hydrogen-bond acceptors (Lipinski definition) is 3. The van der Waals surface area contributed by atoms with Gasteiger partial charge in [-0.25, -0.2) is 4.79 Å². The van der Waals surface area contributed by atoms with Gasteiger partial charge >= 0.3 is 6.09 Å². The molecule has 2 unspecified atom stereocenters. The van der Waals surface area contributed by atoms with Crippen molar-refractivity contribution in [2.45, 2.75) is 71.1 Å². The van der Waals surface area contributed by atoms with Gasteiger partial charge in [0.15, 0.2) is 0 Å². The second-order valence-corrected chi connectivity index (χ2v) is 5.98. The van der Waals surface area contributed by atoms with Crippen molar-refractivity contribution in [2.24, 2.45) is 0 Å². The molecule has 1 saturated carbocycles. The van der Waals surface area contributed by atoms with Crippen LogP contribution in [-0.2, 0) is 4.74 Å². The van der Waals surface area contributed by atoms with Crippen molar-refractivity contribution < 1.29 is 9.53 Å². The lowest BCUT2D eigenvalue weighted by Gasteiger charge is -2.21. The highest BCUT2D eigenvalue weighted by atomic mass is 16.6. The van der Waals surface area contributed by atoms with E-state index in [1.807, 2.05) is 27.7 Å². The first kappa shape index (κ1) is 15.8. The summed E-state index contributed by atoms with van der Waals surface area (Å²) >= 11 is 0. The highest BCUT2D eigenvalue weighted by molar-refractivity contribution is 5.68. The van der Waals surface area contributed by atoms with Crippen LogP contribution in [0.25, 0.3) is 0 Å². The molecular formula is C15H26N2O2. The molecule has 108 valence electrons. The molecule has 0 saturated heterocycles. The number of nitrogens with one attached hydrogen (secondary N) is 2. The molecule has 1 aliphatic carbocycles. The van der Waals surface area contributed by atoms with Crippen molar-refractivity contribution in [1.29, 1.82) is 0 Å². The third kappa shape index (κ3) is 7.07. The van der Waals surface area contributed by atoms with Crippen LogP contribution in [0.1, 0.15) is 53.4 Å². The summed E-state index contributed by atoms with van der Waals surface area (Å²) in [5.74, 6) is 5.93. The average molecular weight is 266 g/mol. The Morgan fingerprint density at radius 3 is 2.63 bits per heavy atom. The first-order chi connectivity index (χ1) is 8.90. The molecule has 0 aromatic heterocycles. The maximum absolute atomic E-state index is 11.6. The van der Waals surface area contributed by atoms with E-state index >= 15 is 0 Å². The summed E-state index contributed by atoms with van der Waals surface area (Å²) in [6, 6.07) is 0.711. The minimum absolute atomic E-state index is 0.226. The van der Waals surface area contributed by atoms with Crippen LogP contribution in [0.2, 0.25) is 0 Å². The molecule has 2 atom stereocenters. The summed E-state index contributed by atoms with van der Waals surface area (Å²) in [5, 5.41) is 6.41. The first-order valence-electron chi connectivity index (χ1n) is 7.03. The van der Waals surface area contributed by atoms with Gasteiger partial charge in [-0.2, -0.15) is 0 Å². The number of alkyl carbamates (subject to hydrolysis) is 1. The van der Waals surface area contributed by atoms with Crippen molar-refractivity contribution in [3.8, 4) is 11.8 Å². The Hall–Kier alpha value is -1.21.